The highest BCUT2D eigenvalue weighted by Crippen LogP contribution is 2.26. The third kappa shape index (κ3) is 2.76. The Kier molecular flexibility index (Phi) is 3.06. The number of benzene rings is 2. The van der Waals surface area contributed by atoms with Crippen LogP contribution in [-0.2, 0) is 5.41 Å². The van der Waals surface area contributed by atoms with Crippen molar-refractivity contribution in [2.45, 2.75) is 33.1 Å². The van der Waals surface area contributed by atoms with Crippen molar-refractivity contribution in [3.05, 3.63) is 59.7 Å². The predicted molar refractivity (Wildman–Crippen MR) is 74.2 cm³/mol. The highest BCUT2D eigenvalue weighted by molar-refractivity contribution is 5.63. The van der Waals surface area contributed by atoms with E-state index in [1.807, 2.05) is 6.07 Å². The first-order chi connectivity index (χ1) is 7.97. The first-order valence-electron chi connectivity index (χ1n) is 6.06. The Labute approximate surface area is 104 Å². The average molecular weight is 223 g/mol. The summed E-state index contributed by atoms with van der Waals surface area (Å²) >= 11 is 0. The lowest BCUT2D eigenvalue weighted by Gasteiger charge is -2.19. The second-order valence-electron chi connectivity index (χ2n) is 5.61. The lowest BCUT2D eigenvalue weighted by molar-refractivity contribution is 0.590. The molecule has 0 nitrogen and oxygen atoms in total. The van der Waals surface area contributed by atoms with Gasteiger partial charge in [0.15, 0.2) is 0 Å². The lowest BCUT2D eigenvalue weighted by Crippen LogP contribution is -2.10. The summed E-state index contributed by atoms with van der Waals surface area (Å²) in [5.41, 5.74) is 5.27. The second-order valence-corrected chi connectivity index (χ2v) is 5.61. The normalized spacial score (nSPS) is 11.5. The van der Waals surface area contributed by atoms with E-state index < -0.39 is 0 Å². The summed E-state index contributed by atoms with van der Waals surface area (Å²) in [7, 11) is 0. The highest BCUT2D eigenvalue weighted by atomic mass is 14.2. The van der Waals surface area contributed by atoms with Gasteiger partial charge in [-0.15, -0.1) is 0 Å². The van der Waals surface area contributed by atoms with E-state index in [4.69, 9.17) is 0 Å². The van der Waals surface area contributed by atoms with Crippen LogP contribution in [0.15, 0.2) is 42.5 Å². The molecular formula is C17H19. The molecule has 2 aromatic rings. The van der Waals surface area contributed by atoms with Gasteiger partial charge in [0.05, 0.1) is 0 Å². The summed E-state index contributed by atoms with van der Waals surface area (Å²) in [5.74, 6) is 0. The summed E-state index contributed by atoms with van der Waals surface area (Å²) in [6.07, 6.45) is 0. The summed E-state index contributed by atoms with van der Waals surface area (Å²) in [6, 6.07) is 18.3. The van der Waals surface area contributed by atoms with E-state index in [2.05, 4.69) is 70.2 Å². The van der Waals surface area contributed by atoms with Crippen LogP contribution in [0.2, 0.25) is 0 Å². The minimum Gasteiger partial charge on any atom is -0.0587 e. The summed E-state index contributed by atoms with van der Waals surface area (Å²) in [6.45, 7) is 8.82. The van der Waals surface area contributed by atoms with E-state index in [1.54, 1.807) is 0 Å². The lowest BCUT2D eigenvalue weighted by atomic mass is 9.86. The standard InChI is InChI=1S/C17H19/c1-13-6-5-7-15(12-13)14-8-10-16(11-9-14)17(2,3)4/h5-6,8-12H,1-4H3. The molecule has 17 heavy (non-hydrogen) atoms. The molecule has 0 aromatic heterocycles. The molecule has 1 radical (unpaired) electrons. The van der Waals surface area contributed by atoms with E-state index in [1.165, 1.54) is 22.3 Å². The molecule has 2 rings (SSSR count). The first kappa shape index (κ1) is 11.9. The Hall–Kier alpha value is -1.56. The number of aryl methyl sites for hydroxylation is 1. The van der Waals surface area contributed by atoms with Gasteiger partial charge >= 0.3 is 0 Å². The van der Waals surface area contributed by atoms with Crippen molar-refractivity contribution in [2.24, 2.45) is 0 Å². The van der Waals surface area contributed by atoms with Gasteiger partial charge in [-0.25, -0.2) is 0 Å². The van der Waals surface area contributed by atoms with Crippen LogP contribution in [0.1, 0.15) is 31.9 Å². The molecule has 0 heteroatoms. The molecule has 0 bridgehead atoms. The van der Waals surface area contributed by atoms with Crippen molar-refractivity contribution in [2.75, 3.05) is 0 Å². The molecule has 0 amide bonds. The SMILES string of the molecule is Cc1cc[c]c(-c2ccc(C(C)(C)C)cc2)c1. The first-order valence-corrected chi connectivity index (χ1v) is 6.06. The van der Waals surface area contributed by atoms with Gasteiger partial charge < -0.3 is 0 Å². The van der Waals surface area contributed by atoms with Crippen LogP contribution in [0, 0.1) is 13.0 Å². The van der Waals surface area contributed by atoms with Crippen molar-refractivity contribution in [1.82, 2.24) is 0 Å². The minimum atomic E-state index is 0.217. The number of hydrogen-bond acceptors (Lipinski definition) is 0. The van der Waals surface area contributed by atoms with Crippen LogP contribution in [0.3, 0.4) is 0 Å². The van der Waals surface area contributed by atoms with Gasteiger partial charge in [0.2, 0.25) is 0 Å². The zero-order valence-electron chi connectivity index (χ0n) is 11.0. The number of rotatable bonds is 1. The summed E-state index contributed by atoms with van der Waals surface area (Å²) in [4.78, 5) is 0. The van der Waals surface area contributed by atoms with Gasteiger partial charge in [-0.2, -0.15) is 0 Å². The average Bonchev–Trinajstić information content (AvgIpc) is 2.28. The van der Waals surface area contributed by atoms with E-state index in [9.17, 15) is 0 Å². The molecule has 0 spiro atoms. The minimum absolute atomic E-state index is 0.217. The third-order valence-corrected chi connectivity index (χ3v) is 3.02. The Morgan fingerprint density at radius 3 is 2.12 bits per heavy atom. The van der Waals surface area contributed by atoms with Crippen LogP contribution >= 0.6 is 0 Å². The molecule has 2 aromatic carbocycles. The molecule has 0 saturated heterocycles. The largest absolute Gasteiger partial charge is 0.0587 e. The molecule has 0 fully saturated rings. The fourth-order valence-corrected chi connectivity index (χ4v) is 1.90. The molecule has 0 heterocycles. The van der Waals surface area contributed by atoms with Gasteiger partial charge in [0.1, 0.15) is 0 Å². The van der Waals surface area contributed by atoms with Crippen LogP contribution in [-0.4, -0.2) is 0 Å². The Morgan fingerprint density at radius 1 is 0.941 bits per heavy atom. The van der Waals surface area contributed by atoms with Crippen molar-refractivity contribution < 1.29 is 0 Å². The van der Waals surface area contributed by atoms with E-state index in [0.717, 1.165) is 0 Å². The number of hydrogen-bond donors (Lipinski definition) is 0. The summed E-state index contributed by atoms with van der Waals surface area (Å²) < 4.78 is 0. The molecule has 87 valence electrons. The highest BCUT2D eigenvalue weighted by Gasteiger charge is 2.12. The van der Waals surface area contributed by atoms with Gasteiger partial charge in [-0.05, 0) is 35.1 Å². The molecule has 0 aliphatic rings. The predicted octanol–water partition coefficient (Wildman–Crippen LogP) is 4.76. The fourth-order valence-electron chi connectivity index (χ4n) is 1.90. The topological polar surface area (TPSA) is 0 Å². The molecule has 0 atom stereocenters. The molecule has 0 N–H and O–H groups in total. The van der Waals surface area contributed by atoms with Gasteiger partial charge in [0, 0.05) is 0 Å². The van der Waals surface area contributed by atoms with Crippen molar-refractivity contribution in [3.63, 3.8) is 0 Å². The Bertz CT molecular complexity index is 498. The maximum absolute atomic E-state index is 3.28. The van der Waals surface area contributed by atoms with Crippen LogP contribution < -0.4 is 0 Å². The molecule has 0 unspecified atom stereocenters. The van der Waals surface area contributed by atoms with Gasteiger partial charge in [-0.3, -0.25) is 0 Å². The van der Waals surface area contributed by atoms with Gasteiger partial charge in [-0.1, -0.05) is 68.8 Å². The van der Waals surface area contributed by atoms with Gasteiger partial charge in [0.25, 0.3) is 0 Å². The molecule has 0 aliphatic heterocycles. The third-order valence-electron chi connectivity index (χ3n) is 3.02. The van der Waals surface area contributed by atoms with E-state index in [-0.39, 0.29) is 5.41 Å². The van der Waals surface area contributed by atoms with E-state index in [0.29, 0.717) is 0 Å². The quantitative estimate of drug-likeness (QED) is 0.654. The maximum atomic E-state index is 3.28. The maximum Gasteiger partial charge on any atom is -0.00990 e. The molecule has 0 aliphatic carbocycles. The molecule has 0 saturated carbocycles. The Morgan fingerprint density at radius 2 is 1.59 bits per heavy atom. The van der Waals surface area contributed by atoms with E-state index >= 15 is 0 Å². The zero-order chi connectivity index (χ0) is 12.5. The Balaban J connectivity index is 2.36. The molecular weight excluding hydrogens is 204 g/mol. The van der Waals surface area contributed by atoms with Crippen LogP contribution in [0.4, 0.5) is 0 Å². The van der Waals surface area contributed by atoms with Crippen LogP contribution in [0.5, 0.6) is 0 Å². The van der Waals surface area contributed by atoms with Crippen molar-refractivity contribution in [3.8, 4) is 11.1 Å². The summed E-state index contributed by atoms with van der Waals surface area (Å²) in [5, 5.41) is 0. The van der Waals surface area contributed by atoms with Crippen molar-refractivity contribution >= 4 is 0 Å². The monoisotopic (exact) mass is 223 g/mol. The van der Waals surface area contributed by atoms with Crippen LogP contribution in [0.25, 0.3) is 11.1 Å². The fraction of sp³-hybridized carbons (Fsp3) is 0.294. The van der Waals surface area contributed by atoms with Crippen molar-refractivity contribution in [1.29, 1.82) is 0 Å². The smallest absolute Gasteiger partial charge is 0.00990 e. The second kappa shape index (κ2) is 4.37. The zero-order valence-corrected chi connectivity index (χ0v) is 11.0.